The maximum Gasteiger partial charge on any atom is 0.0182 e. The third kappa shape index (κ3) is 1.96. The van der Waals surface area contributed by atoms with Gasteiger partial charge in [0.2, 0.25) is 0 Å². The van der Waals surface area contributed by atoms with E-state index in [1.807, 2.05) is 0 Å². The van der Waals surface area contributed by atoms with E-state index in [9.17, 15) is 0 Å². The molecule has 1 N–H and O–H groups in total. The monoisotopic (exact) mass is 196 g/mol. The summed E-state index contributed by atoms with van der Waals surface area (Å²) in [7, 11) is 0. The number of likely N-dealkylation sites (tertiary alicyclic amines) is 1. The Morgan fingerprint density at radius 3 is 2.57 bits per heavy atom. The van der Waals surface area contributed by atoms with Crippen LogP contribution in [0.3, 0.4) is 0 Å². The van der Waals surface area contributed by atoms with Crippen molar-refractivity contribution in [1.82, 2.24) is 10.2 Å². The molecular weight excluding hydrogens is 172 g/mol. The zero-order valence-electron chi connectivity index (χ0n) is 9.68. The van der Waals surface area contributed by atoms with Crippen LogP contribution < -0.4 is 5.32 Å². The average molecular weight is 196 g/mol. The summed E-state index contributed by atoms with van der Waals surface area (Å²) < 4.78 is 0. The van der Waals surface area contributed by atoms with E-state index in [0.29, 0.717) is 5.54 Å². The summed E-state index contributed by atoms with van der Waals surface area (Å²) in [6.07, 6.45) is 5.57. The molecular formula is C12H24N2. The lowest BCUT2D eigenvalue weighted by molar-refractivity contribution is 0.130. The zero-order valence-corrected chi connectivity index (χ0v) is 9.68. The van der Waals surface area contributed by atoms with Gasteiger partial charge in [0.1, 0.15) is 0 Å². The molecule has 1 unspecified atom stereocenters. The van der Waals surface area contributed by atoms with Gasteiger partial charge in [0.05, 0.1) is 0 Å². The lowest BCUT2D eigenvalue weighted by Crippen LogP contribution is -2.48. The first-order valence-corrected chi connectivity index (χ1v) is 6.22. The maximum absolute atomic E-state index is 3.72. The summed E-state index contributed by atoms with van der Waals surface area (Å²) in [5.74, 6) is 0.924. The van der Waals surface area contributed by atoms with Gasteiger partial charge in [-0.1, -0.05) is 6.92 Å². The molecule has 2 rings (SSSR count). The largest absolute Gasteiger partial charge is 0.311 e. The molecule has 0 amide bonds. The highest BCUT2D eigenvalue weighted by Gasteiger charge is 2.37. The van der Waals surface area contributed by atoms with E-state index in [-0.39, 0.29) is 0 Å². The lowest BCUT2D eigenvalue weighted by atomic mass is 9.78. The van der Waals surface area contributed by atoms with Crippen molar-refractivity contribution in [2.24, 2.45) is 5.92 Å². The first-order chi connectivity index (χ1) is 6.74. The number of nitrogens with zero attached hydrogens (tertiary/aromatic N) is 1. The normalized spacial score (nSPS) is 36.4. The summed E-state index contributed by atoms with van der Waals surface area (Å²) in [5.41, 5.74) is 0.472. The van der Waals surface area contributed by atoms with Gasteiger partial charge in [-0.3, -0.25) is 0 Å². The Hall–Kier alpha value is -0.0800. The molecule has 0 aromatic carbocycles. The van der Waals surface area contributed by atoms with Crippen molar-refractivity contribution in [2.75, 3.05) is 26.2 Å². The van der Waals surface area contributed by atoms with Crippen molar-refractivity contribution in [2.45, 2.75) is 45.1 Å². The van der Waals surface area contributed by atoms with Crippen molar-refractivity contribution in [3.63, 3.8) is 0 Å². The molecule has 2 heterocycles. The molecule has 0 aliphatic carbocycles. The Balaban J connectivity index is 1.88. The molecule has 2 saturated heterocycles. The van der Waals surface area contributed by atoms with Gasteiger partial charge in [-0.15, -0.1) is 0 Å². The van der Waals surface area contributed by atoms with E-state index in [0.717, 1.165) is 5.92 Å². The number of hydrogen-bond donors (Lipinski definition) is 1. The SMILES string of the molecule is CCN1CCC(C2(C)CCCN2)CC1. The van der Waals surface area contributed by atoms with Crippen molar-refractivity contribution in [3.8, 4) is 0 Å². The highest BCUT2D eigenvalue weighted by atomic mass is 15.1. The lowest BCUT2D eigenvalue weighted by Gasteiger charge is -2.40. The van der Waals surface area contributed by atoms with Crippen LogP contribution in [0.1, 0.15) is 39.5 Å². The quantitative estimate of drug-likeness (QED) is 0.725. The van der Waals surface area contributed by atoms with Crippen LogP contribution in [0.25, 0.3) is 0 Å². The van der Waals surface area contributed by atoms with Gasteiger partial charge in [0.15, 0.2) is 0 Å². The van der Waals surface area contributed by atoms with E-state index in [1.165, 1.54) is 51.9 Å². The highest BCUT2D eigenvalue weighted by molar-refractivity contribution is 4.96. The zero-order chi connectivity index (χ0) is 10.0. The molecule has 82 valence electrons. The summed E-state index contributed by atoms with van der Waals surface area (Å²) in [6.45, 7) is 9.82. The van der Waals surface area contributed by atoms with Crippen molar-refractivity contribution >= 4 is 0 Å². The van der Waals surface area contributed by atoms with Gasteiger partial charge in [0, 0.05) is 5.54 Å². The Labute approximate surface area is 88.1 Å². The van der Waals surface area contributed by atoms with E-state index in [4.69, 9.17) is 0 Å². The minimum absolute atomic E-state index is 0.472. The molecule has 2 aliphatic rings. The van der Waals surface area contributed by atoms with E-state index in [1.54, 1.807) is 0 Å². The van der Waals surface area contributed by atoms with Crippen LogP contribution in [0.4, 0.5) is 0 Å². The number of rotatable bonds is 2. The summed E-state index contributed by atoms with van der Waals surface area (Å²) in [6, 6.07) is 0. The molecule has 0 spiro atoms. The van der Waals surface area contributed by atoms with Crippen LogP contribution in [-0.2, 0) is 0 Å². The third-order valence-electron chi connectivity index (χ3n) is 4.34. The average Bonchev–Trinajstić information content (AvgIpc) is 2.67. The molecule has 1 atom stereocenters. The van der Waals surface area contributed by atoms with Crippen LogP contribution in [0.15, 0.2) is 0 Å². The van der Waals surface area contributed by atoms with Gasteiger partial charge < -0.3 is 10.2 Å². The number of hydrogen-bond acceptors (Lipinski definition) is 2. The molecule has 2 fully saturated rings. The van der Waals surface area contributed by atoms with Crippen molar-refractivity contribution < 1.29 is 0 Å². The highest BCUT2D eigenvalue weighted by Crippen LogP contribution is 2.34. The van der Waals surface area contributed by atoms with Gasteiger partial charge in [-0.25, -0.2) is 0 Å². The molecule has 0 aromatic rings. The molecule has 0 saturated carbocycles. The van der Waals surface area contributed by atoms with Gasteiger partial charge in [-0.2, -0.15) is 0 Å². The minimum Gasteiger partial charge on any atom is -0.311 e. The van der Waals surface area contributed by atoms with Crippen LogP contribution in [-0.4, -0.2) is 36.6 Å². The molecule has 0 aromatic heterocycles. The number of piperidine rings is 1. The van der Waals surface area contributed by atoms with Crippen molar-refractivity contribution in [3.05, 3.63) is 0 Å². The van der Waals surface area contributed by atoms with E-state index < -0.39 is 0 Å². The second kappa shape index (κ2) is 4.19. The fourth-order valence-corrected chi connectivity index (χ4v) is 3.15. The van der Waals surface area contributed by atoms with Gasteiger partial charge >= 0.3 is 0 Å². The van der Waals surface area contributed by atoms with E-state index >= 15 is 0 Å². The van der Waals surface area contributed by atoms with Gasteiger partial charge in [-0.05, 0) is 64.7 Å². The maximum atomic E-state index is 3.72. The summed E-state index contributed by atoms with van der Waals surface area (Å²) >= 11 is 0. The van der Waals surface area contributed by atoms with Crippen LogP contribution in [0.5, 0.6) is 0 Å². The Morgan fingerprint density at radius 2 is 2.07 bits per heavy atom. The van der Waals surface area contributed by atoms with Crippen LogP contribution >= 0.6 is 0 Å². The van der Waals surface area contributed by atoms with Crippen LogP contribution in [0.2, 0.25) is 0 Å². The predicted molar refractivity (Wildman–Crippen MR) is 60.5 cm³/mol. The summed E-state index contributed by atoms with van der Waals surface area (Å²) in [4.78, 5) is 2.58. The standard InChI is InChI=1S/C12H24N2/c1-3-14-9-5-11(6-10-14)12(2)7-4-8-13-12/h11,13H,3-10H2,1-2H3. The van der Waals surface area contributed by atoms with E-state index in [2.05, 4.69) is 24.1 Å². The first-order valence-electron chi connectivity index (χ1n) is 6.22. The van der Waals surface area contributed by atoms with Crippen molar-refractivity contribution in [1.29, 1.82) is 0 Å². The first kappa shape index (κ1) is 10.4. The number of nitrogens with one attached hydrogen (secondary N) is 1. The second-order valence-electron chi connectivity index (χ2n) is 5.16. The fraction of sp³-hybridized carbons (Fsp3) is 1.00. The Morgan fingerprint density at radius 1 is 1.36 bits per heavy atom. The molecule has 2 aliphatic heterocycles. The predicted octanol–water partition coefficient (Wildman–Crippen LogP) is 1.86. The molecule has 2 heteroatoms. The second-order valence-corrected chi connectivity index (χ2v) is 5.16. The molecule has 2 nitrogen and oxygen atoms in total. The smallest absolute Gasteiger partial charge is 0.0182 e. The molecule has 0 bridgehead atoms. The topological polar surface area (TPSA) is 15.3 Å². The fourth-order valence-electron chi connectivity index (χ4n) is 3.15. The Kier molecular flexibility index (Phi) is 3.13. The summed E-state index contributed by atoms with van der Waals surface area (Å²) in [5, 5.41) is 3.72. The molecule has 0 radical (unpaired) electrons. The molecule has 14 heavy (non-hydrogen) atoms. The Bertz CT molecular complexity index is 177. The third-order valence-corrected chi connectivity index (χ3v) is 4.34. The van der Waals surface area contributed by atoms with Crippen LogP contribution in [0, 0.1) is 5.92 Å². The van der Waals surface area contributed by atoms with Gasteiger partial charge in [0.25, 0.3) is 0 Å². The minimum atomic E-state index is 0.472.